The van der Waals surface area contributed by atoms with Crippen molar-refractivity contribution in [3.8, 4) is 5.75 Å². The lowest BCUT2D eigenvalue weighted by atomic mass is 9.96. The van der Waals surface area contributed by atoms with Crippen molar-refractivity contribution < 1.29 is 14.3 Å². The zero-order valence-corrected chi connectivity index (χ0v) is 17.1. The summed E-state index contributed by atoms with van der Waals surface area (Å²) in [6, 6.07) is 17.7. The summed E-state index contributed by atoms with van der Waals surface area (Å²) in [6.45, 7) is 6.85. The SMILES string of the molecule is CCOc1ccc(C(=O)N2CCO[C@@H](CN3CCCC3)[C@@H]2c2ccccc2)cc1. The van der Waals surface area contributed by atoms with Crippen LogP contribution in [-0.4, -0.2) is 61.2 Å². The number of hydrogen-bond donors (Lipinski definition) is 0. The Hall–Kier alpha value is -2.37. The second-order valence-corrected chi connectivity index (χ2v) is 7.73. The highest BCUT2D eigenvalue weighted by molar-refractivity contribution is 5.94. The summed E-state index contributed by atoms with van der Waals surface area (Å²) in [7, 11) is 0. The van der Waals surface area contributed by atoms with Crippen molar-refractivity contribution in [3.05, 3.63) is 65.7 Å². The number of rotatable bonds is 6. The van der Waals surface area contributed by atoms with Crippen LogP contribution in [0.2, 0.25) is 0 Å². The molecule has 5 nitrogen and oxygen atoms in total. The van der Waals surface area contributed by atoms with E-state index in [2.05, 4.69) is 17.0 Å². The number of morpholine rings is 1. The molecule has 2 saturated heterocycles. The van der Waals surface area contributed by atoms with Gasteiger partial charge in [-0.15, -0.1) is 0 Å². The molecule has 0 spiro atoms. The van der Waals surface area contributed by atoms with Crippen molar-refractivity contribution in [2.75, 3.05) is 39.4 Å². The second kappa shape index (κ2) is 9.42. The Morgan fingerprint density at radius 3 is 2.45 bits per heavy atom. The molecule has 1 amide bonds. The molecule has 2 fully saturated rings. The smallest absolute Gasteiger partial charge is 0.254 e. The van der Waals surface area contributed by atoms with E-state index in [0.29, 0.717) is 25.3 Å². The lowest BCUT2D eigenvalue weighted by Gasteiger charge is -2.42. The summed E-state index contributed by atoms with van der Waals surface area (Å²) in [5, 5.41) is 0. The van der Waals surface area contributed by atoms with E-state index < -0.39 is 0 Å². The largest absolute Gasteiger partial charge is 0.494 e. The standard InChI is InChI=1S/C24H30N2O3/c1-2-28-21-12-10-20(11-13-21)24(27)26-16-17-29-22(18-25-14-6-7-15-25)23(26)19-8-4-3-5-9-19/h3-5,8-13,22-23H,2,6-7,14-18H2,1H3/t22-,23-/m0/s1. The number of nitrogens with zero attached hydrogens (tertiary/aromatic N) is 2. The first-order chi connectivity index (χ1) is 14.3. The summed E-state index contributed by atoms with van der Waals surface area (Å²) in [5.41, 5.74) is 1.83. The number of amides is 1. The molecule has 2 aromatic carbocycles. The van der Waals surface area contributed by atoms with Crippen LogP contribution < -0.4 is 4.74 Å². The van der Waals surface area contributed by atoms with Gasteiger partial charge in [-0.2, -0.15) is 0 Å². The molecule has 0 N–H and O–H groups in total. The first-order valence-corrected chi connectivity index (χ1v) is 10.7. The van der Waals surface area contributed by atoms with Crippen LogP contribution in [0.15, 0.2) is 54.6 Å². The summed E-state index contributed by atoms with van der Waals surface area (Å²) < 4.78 is 11.7. The van der Waals surface area contributed by atoms with Gasteiger partial charge in [0.1, 0.15) is 5.75 Å². The van der Waals surface area contributed by atoms with Gasteiger partial charge in [-0.1, -0.05) is 30.3 Å². The molecule has 0 bridgehead atoms. The Labute approximate surface area is 173 Å². The van der Waals surface area contributed by atoms with Gasteiger partial charge in [0.2, 0.25) is 0 Å². The molecule has 0 radical (unpaired) electrons. The molecule has 2 aliphatic heterocycles. The Balaban J connectivity index is 1.59. The number of hydrogen-bond acceptors (Lipinski definition) is 4. The molecule has 2 aromatic rings. The number of ether oxygens (including phenoxy) is 2. The third-order valence-corrected chi connectivity index (χ3v) is 5.80. The van der Waals surface area contributed by atoms with E-state index in [9.17, 15) is 4.79 Å². The first-order valence-electron chi connectivity index (χ1n) is 10.7. The van der Waals surface area contributed by atoms with Crippen LogP contribution >= 0.6 is 0 Å². The minimum atomic E-state index is -0.0791. The predicted molar refractivity (Wildman–Crippen MR) is 113 cm³/mol. The average molecular weight is 395 g/mol. The molecule has 2 atom stereocenters. The molecule has 4 rings (SSSR count). The van der Waals surface area contributed by atoms with E-state index >= 15 is 0 Å². The van der Waals surface area contributed by atoms with Gasteiger partial charge < -0.3 is 19.3 Å². The van der Waals surface area contributed by atoms with Gasteiger partial charge in [0, 0.05) is 18.7 Å². The zero-order chi connectivity index (χ0) is 20.1. The lowest BCUT2D eigenvalue weighted by Crippen LogP contribution is -2.51. The fourth-order valence-corrected chi connectivity index (χ4v) is 4.40. The minimum Gasteiger partial charge on any atom is -0.494 e. The van der Waals surface area contributed by atoms with Gasteiger partial charge in [0.15, 0.2) is 0 Å². The maximum atomic E-state index is 13.5. The maximum Gasteiger partial charge on any atom is 0.254 e. The van der Waals surface area contributed by atoms with Crippen molar-refractivity contribution in [2.45, 2.75) is 31.9 Å². The van der Waals surface area contributed by atoms with Crippen molar-refractivity contribution in [1.82, 2.24) is 9.80 Å². The Morgan fingerprint density at radius 2 is 1.76 bits per heavy atom. The third kappa shape index (κ3) is 4.62. The van der Waals surface area contributed by atoms with Crippen LogP contribution in [0.1, 0.15) is 41.7 Å². The molecule has 5 heteroatoms. The summed E-state index contributed by atoms with van der Waals surface area (Å²) in [4.78, 5) is 17.9. The van der Waals surface area contributed by atoms with Crippen LogP contribution in [0.4, 0.5) is 0 Å². The molecule has 0 aromatic heterocycles. The molecular formula is C24H30N2O3. The number of benzene rings is 2. The highest BCUT2D eigenvalue weighted by atomic mass is 16.5. The van der Waals surface area contributed by atoms with E-state index in [-0.39, 0.29) is 18.1 Å². The van der Waals surface area contributed by atoms with E-state index in [1.165, 1.54) is 12.8 Å². The van der Waals surface area contributed by atoms with E-state index in [1.54, 1.807) is 0 Å². The normalized spacial score (nSPS) is 22.6. The van der Waals surface area contributed by atoms with E-state index in [1.807, 2.05) is 54.3 Å². The van der Waals surface area contributed by atoms with E-state index in [4.69, 9.17) is 9.47 Å². The van der Waals surface area contributed by atoms with Crippen molar-refractivity contribution in [3.63, 3.8) is 0 Å². The van der Waals surface area contributed by atoms with Crippen molar-refractivity contribution in [2.24, 2.45) is 0 Å². The highest BCUT2D eigenvalue weighted by Crippen LogP contribution is 2.32. The molecule has 29 heavy (non-hydrogen) atoms. The van der Waals surface area contributed by atoms with Crippen LogP contribution in [0.3, 0.4) is 0 Å². The number of likely N-dealkylation sites (tertiary alicyclic amines) is 1. The highest BCUT2D eigenvalue weighted by Gasteiger charge is 2.37. The summed E-state index contributed by atoms with van der Waals surface area (Å²) >= 11 is 0. The number of carbonyl (C=O) groups is 1. The molecule has 2 aliphatic rings. The van der Waals surface area contributed by atoms with Gasteiger partial charge in [-0.25, -0.2) is 0 Å². The quantitative estimate of drug-likeness (QED) is 0.748. The Morgan fingerprint density at radius 1 is 1.03 bits per heavy atom. The van der Waals surface area contributed by atoms with Crippen molar-refractivity contribution >= 4 is 5.91 Å². The molecule has 154 valence electrons. The summed E-state index contributed by atoms with van der Waals surface area (Å²) in [5.74, 6) is 0.842. The van der Waals surface area contributed by atoms with Crippen LogP contribution in [0.25, 0.3) is 0 Å². The van der Waals surface area contributed by atoms with Gasteiger partial charge in [-0.3, -0.25) is 4.79 Å². The van der Waals surface area contributed by atoms with Crippen LogP contribution in [0.5, 0.6) is 5.75 Å². The fourth-order valence-electron chi connectivity index (χ4n) is 4.40. The third-order valence-electron chi connectivity index (χ3n) is 5.80. The number of carbonyl (C=O) groups excluding carboxylic acids is 1. The molecule has 0 unspecified atom stereocenters. The zero-order valence-electron chi connectivity index (χ0n) is 17.1. The Bertz CT molecular complexity index is 788. The van der Waals surface area contributed by atoms with Crippen molar-refractivity contribution in [1.29, 1.82) is 0 Å². The lowest BCUT2D eigenvalue weighted by molar-refractivity contribution is -0.0707. The molecule has 0 saturated carbocycles. The maximum absolute atomic E-state index is 13.5. The first kappa shape index (κ1) is 19.9. The second-order valence-electron chi connectivity index (χ2n) is 7.73. The monoisotopic (exact) mass is 394 g/mol. The predicted octanol–water partition coefficient (Wildman–Crippen LogP) is 3.76. The van der Waals surface area contributed by atoms with Crippen LogP contribution in [-0.2, 0) is 4.74 Å². The minimum absolute atomic E-state index is 0.0177. The van der Waals surface area contributed by atoms with E-state index in [0.717, 1.165) is 30.9 Å². The van der Waals surface area contributed by atoms with Gasteiger partial charge in [0.05, 0.1) is 25.4 Å². The molecule has 0 aliphatic carbocycles. The summed E-state index contributed by atoms with van der Waals surface area (Å²) in [6.07, 6.45) is 2.48. The van der Waals surface area contributed by atoms with Crippen LogP contribution in [0, 0.1) is 0 Å². The van der Waals surface area contributed by atoms with Gasteiger partial charge in [-0.05, 0) is 62.7 Å². The molecule has 2 heterocycles. The average Bonchev–Trinajstić information content (AvgIpc) is 3.28. The van der Waals surface area contributed by atoms with Gasteiger partial charge >= 0.3 is 0 Å². The van der Waals surface area contributed by atoms with Gasteiger partial charge in [0.25, 0.3) is 5.91 Å². The fraction of sp³-hybridized carbons (Fsp3) is 0.458. The molecular weight excluding hydrogens is 364 g/mol. The Kier molecular flexibility index (Phi) is 6.47. The topological polar surface area (TPSA) is 42.0 Å².